The fourth-order valence-electron chi connectivity index (χ4n) is 2.99. The Hall–Kier alpha value is -1.76. The summed E-state index contributed by atoms with van der Waals surface area (Å²) in [6, 6.07) is 0. The van der Waals surface area contributed by atoms with Crippen LogP contribution < -0.4 is 0 Å². The van der Waals surface area contributed by atoms with E-state index in [4.69, 9.17) is 5.11 Å². The van der Waals surface area contributed by atoms with Gasteiger partial charge in [-0.25, -0.2) is 9.78 Å². The van der Waals surface area contributed by atoms with Crippen molar-refractivity contribution in [3.05, 3.63) is 15.6 Å². The number of aryl methyl sites for hydroxylation is 1. The Morgan fingerprint density at radius 3 is 2.45 bits per heavy atom. The number of amides is 2. The first-order chi connectivity index (χ1) is 9.47. The molecule has 0 aromatic carbocycles. The number of carboxylic acids is 1. The number of thiazole rings is 1. The summed E-state index contributed by atoms with van der Waals surface area (Å²) in [5, 5.41) is 9.51. The lowest BCUT2D eigenvalue weighted by atomic mass is 9.97. The SMILES string of the molecule is Cc1nc(CN2C(=O)C3CCC(C3)C2=O)sc1C(=O)O. The lowest BCUT2D eigenvalue weighted by Crippen LogP contribution is -2.45. The molecule has 7 heteroatoms. The minimum Gasteiger partial charge on any atom is -0.477 e. The number of aromatic carboxylic acids is 1. The number of carbonyl (C=O) groups is 3. The molecule has 0 spiro atoms. The Balaban J connectivity index is 1.83. The van der Waals surface area contributed by atoms with E-state index in [9.17, 15) is 14.4 Å². The second-order valence-corrected chi connectivity index (χ2v) is 6.38. The molecule has 3 rings (SSSR count). The largest absolute Gasteiger partial charge is 0.477 e. The lowest BCUT2D eigenvalue weighted by Gasteiger charge is -2.28. The molecule has 2 amide bonds. The van der Waals surface area contributed by atoms with Gasteiger partial charge in [0, 0.05) is 11.8 Å². The third-order valence-electron chi connectivity index (χ3n) is 3.99. The molecule has 1 aliphatic heterocycles. The second kappa shape index (κ2) is 4.66. The first kappa shape index (κ1) is 13.2. The van der Waals surface area contributed by atoms with E-state index in [1.54, 1.807) is 6.92 Å². The number of fused-ring (bicyclic) bond motifs is 2. The molecule has 1 saturated heterocycles. The Labute approximate surface area is 119 Å². The van der Waals surface area contributed by atoms with E-state index < -0.39 is 5.97 Å². The summed E-state index contributed by atoms with van der Waals surface area (Å²) in [6.07, 6.45) is 2.23. The molecule has 6 nitrogen and oxygen atoms in total. The third kappa shape index (κ3) is 2.02. The second-order valence-electron chi connectivity index (χ2n) is 5.30. The zero-order chi connectivity index (χ0) is 14.4. The number of likely N-dealkylation sites (tertiary alicyclic amines) is 1. The van der Waals surface area contributed by atoms with Crippen LogP contribution >= 0.6 is 11.3 Å². The summed E-state index contributed by atoms with van der Waals surface area (Å²) in [5.41, 5.74) is 0.428. The normalized spacial score (nSPS) is 25.4. The quantitative estimate of drug-likeness (QED) is 0.852. The summed E-state index contributed by atoms with van der Waals surface area (Å²) in [4.78, 5) is 41.0. The molecule has 2 unspecified atom stereocenters. The maximum absolute atomic E-state index is 12.2. The maximum Gasteiger partial charge on any atom is 0.347 e. The van der Waals surface area contributed by atoms with Crippen LogP contribution in [0.15, 0.2) is 0 Å². The van der Waals surface area contributed by atoms with Crippen molar-refractivity contribution in [3.8, 4) is 0 Å². The van der Waals surface area contributed by atoms with Gasteiger partial charge in [0.15, 0.2) is 0 Å². The monoisotopic (exact) mass is 294 g/mol. The maximum atomic E-state index is 12.2. The van der Waals surface area contributed by atoms with Gasteiger partial charge in [0.25, 0.3) is 0 Å². The van der Waals surface area contributed by atoms with Crippen LogP contribution in [0.25, 0.3) is 0 Å². The van der Waals surface area contributed by atoms with E-state index in [1.165, 1.54) is 4.90 Å². The van der Waals surface area contributed by atoms with Crippen molar-refractivity contribution in [2.75, 3.05) is 0 Å². The van der Waals surface area contributed by atoms with Crippen LogP contribution in [0.5, 0.6) is 0 Å². The van der Waals surface area contributed by atoms with Gasteiger partial charge in [0.05, 0.1) is 12.2 Å². The Bertz CT molecular complexity index is 588. The molecule has 2 heterocycles. The molecule has 1 aliphatic carbocycles. The minimum atomic E-state index is -1.03. The standard InChI is InChI=1S/C13H14N2O4S/c1-6-10(13(18)19)20-9(14-6)5-15-11(16)7-2-3-8(4-7)12(15)17/h7-8H,2-5H2,1H3,(H,18,19). The number of carbonyl (C=O) groups excluding carboxylic acids is 2. The summed E-state index contributed by atoms with van der Waals surface area (Å²) >= 11 is 1.03. The van der Waals surface area contributed by atoms with Crippen LogP contribution in [-0.2, 0) is 16.1 Å². The number of hydrogen-bond donors (Lipinski definition) is 1. The van der Waals surface area contributed by atoms with Crippen LogP contribution in [0, 0.1) is 18.8 Å². The predicted molar refractivity (Wildman–Crippen MR) is 70.2 cm³/mol. The van der Waals surface area contributed by atoms with Crippen LogP contribution in [0.1, 0.15) is 39.6 Å². The molecule has 106 valence electrons. The van der Waals surface area contributed by atoms with E-state index >= 15 is 0 Å². The Morgan fingerprint density at radius 1 is 1.35 bits per heavy atom. The van der Waals surface area contributed by atoms with Crippen LogP contribution in [0.4, 0.5) is 0 Å². The summed E-state index contributed by atoms with van der Waals surface area (Å²) in [7, 11) is 0. The van der Waals surface area contributed by atoms with E-state index in [0.717, 1.165) is 24.2 Å². The summed E-state index contributed by atoms with van der Waals surface area (Å²) in [6.45, 7) is 1.72. The van der Waals surface area contributed by atoms with Crippen molar-refractivity contribution < 1.29 is 19.5 Å². The van der Waals surface area contributed by atoms with Crippen molar-refractivity contribution in [2.24, 2.45) is 11.8 Å². The summed E-state index contributed by atoms with van der Waals surface area (Å²) in [5.74, 6) is -1.38. The van der Waals surface area contributed by atoms with Gasteiger partial charge in [-0.3, -0.25) is 14.5 Å². The third-order valence-corrected chi connectivity index (χ3v) is 5.12. The highest BCUT2D eigenvalue weighted by molar-refractivity contribution is 7.13. The molecule has 2 atom stereocenters. The first-order valence-corrected chi connectivity index (χ1v) is 7.34. The first-order valence-electron chi connectivity index (χ1n) is 6.52. The average Bonchev–Trinajstić information content (AvgIpc) is 2.98. The van der Waals surface area contributed by atoms with Crippen molar-refractivity contribution in [3.63, 3.8) is 0 Å². The number of carboxylic acid groups (broad SMARTS) is 1. The molecular weight excluding hydrogens is 280 g/mol. The number of imide groups is 1. The molecule has 1 aromatic heterocycles. The Kier molecular flexibility index (Phi) is 3.08. The van der Waals surface area contributed by atoms with Gasteiger partial charge >= 0.3 is 5.97 Å². The molecule has 2 fully saturated rings. The molecule has 20 heavy (non-hydrogen) atoms. The van der Waals surface area contributed by atoms with Crippen LogP contribution in [-0.4, -0.2) is 32.8 Å². The van der Waals surface area contributed by atoms with Gasteiger partial charge in [-0.1, -0.05) is 0 Å². The smallest absolute Gasteiger partial charge is 0.347 e. The molecule has 1 saturated carbocycles. The topological polar surface area (TPSA) is 87.6 Å². The highest BCUT2D eigenvalue weighted by Gasteiger charge is 2.45. The fraction of sp³-hybridized carbons (Fsp3) is 0.538. The number of nitrogens with zero attached hydrogens (tertiary/aromatic N) is 2. The number of hydrogen-bond acceptors (Lipinski definition) is 5. The van der Waals surface area contributed by atoms with Crippen LogP contribution in [0.3, 0.4) is 0 Å². The van der Waals surface area contributed by atoms with Crippen molar-refractivity contribution in [1.82, 2.24) is 9.88 Å². The van der Waals surface area contributed by atoms with E-state index in [2.05, 4.69) is 4.98 Å². The zero-order valence-corrected chi connectivity index (χ0v) is 11.8. The number of piperidine rings is 1. The van der Waals surface area contributed by atoms with Gasteiger partial charge in [0.2, 0.25) is 11.8 Å². The predicted octanol–water partition coefficient (Wildman–Crippen LogP) is 1.43. The van der Waals surface area contributed by atoms with Crippen molar-refractivity contribution in [1.29, 1.82) is 0 Å². The van der Waals surface area contributed by atoms with Gasteiger partial charge in [-0.15, -0.1) is 11.3 Å². The zero-order valence-electron chi connectivity index (χ0n) is 11.0. The molecule has 2 aliphatic rings. The summed E-state index contributed by atoms with van der Waals surface area (Å²) < 4.78 is 0. The molecule has 1 N–H and O–H groups in total. The minimum absolute atomic E-state index is 0.0438. The molecule has 0 radical (unpaired) electrons. The van der Waals surface area contributed by atoms with Crippen LogP contribution in [0.2, 0.25) is 0 Å². The Morgan fingerprint density at radius 2 is 1.95 bits per heavy atom. The highest BCUT2D eigenvalue weighted by atomic mass is 32.1. The van der Waals surface area contributed by atoms with Gasteiger partial charge in [0.1, 0.15) is 9.88 Å². The number of rotatable bonds is 3. The van der Waals surface area contributed by atoms with E-state index in [0.29, 0.717) is 17.1 Å². The van der Waals surface area contributed by atoms with Gasteiger partial charge < -0.3 is 5.11 Å². The van der Waals surface area contributed by atoms with Gasteiger partial charge in [-0.2, -0.15) is 0 Å². The molecule has 1 aromatic rings. The number of aromatic nitrogens is 1. The fourth-order valence-corrected chi connectivity index (χ4v) is 3.88. The van der Waals surface area contributed by atoms with E-state index in [-0.39, 0.29) is 35.1 Å². The van der Waals surface area contributed by atoms with Crippen molar-refractivity contribution in [2.45, 2.75) is 32.7 Å². The average molecular weight is 294 g/mol. The van der Waals surface area contributed by atoms with Crippen molar-refractivity contribution >= 4 is 29.1 Å². The van der Waals surface area contributed by atoms with Gasteiger partial charge in [-0.05, 0) is 26.2 Å². The molecular formula is C13H14N2O4S. The molecule has 2 bridgehead atoms. The van der Waals surface area contributed by atoms with E-state index in [1.807, 2.05) is 0 Å². The lowest BCUT2D eigenvalue weighted by molar-refractivity contribution is -0.153. The highest BCUT2D eigenvalue weighted by Crippen LogP contribution is 2.38.